The maximum atomic E-state index is 5.38. The maximum absolute atomic E-state index is 5.38. The lowest BCUT2D eigenvalue weighted by molar-refractivity contribution is -0.355. The summed E-state index contributed by atoms with van der Waals surface area (Å²) in [5.41, 5.74) is 0. The van der Waals surface area contributed by atoms with E-state index in [-0.39, 0.29) is 0 Å². The van der Waals surface area contributed by atoms with Gasteiger partial charge in [-0.25, -0.2) is 0 Å². The minimum atomic E-state index is -0.862. The summed E-state index contributed by atoms with van der Waals surface area (Å²) in [6.07, 6.45) is 28.2. The first-order valence-electron chi connectivity index (χ1n) is 15.8. The highest BCUT2D eigenvalue weighted by atomic mass is 16.9. The summed E-state index contributed by atoms with van der Waals surface area (Å²) in [6.45, 7) is 2.31. The van der Waals surface area contributed by atoms with Crippen molar-refractivity contribution >= 4 is 0 Å². The SMILES string of the molecule is CCCCCC(CCCCCCCCCC(OC)(OC)OC)CCCCCCCCCC(OC)(OC)OC. The molecule has 0 heterocycles. The summed E-state index contributed by atoms with van der Waals surface area (Å²) in [5, 5.41) is 0. The van der Waals surface area contributed by atoms with Gasteiger partial charge >= 0.3 is 0 Å². The smallest absolute Gasteiger partial charge is 0.282 e. The molecule has 0 aromatic heterocycles. The van der Waals surface area contributed by atoms with Gasteiger partial charge in [0.15, 0.2) is 0 Å². The maximum Gasteiger partial charge on any atom is 0.282 e. The van der Waals surface area contributed by atoms with Gasteiger partial charge in [0.2, 0.25) is 0 Å². The van der Waals surface area contributed by atoms with E-state index in [1.165, 1.54) is 116 Å². The molecule has 0 unspecified atom stereocenters. The van der Waals surface area contributed by atoms with E-state index in [0.717, 1.165) is 31.6 Å². The van der Waals surface area contributed by atoms with Crippen LogP contribution in [-0.4, -0.2) is 54.6 Å². The van der Waals surface area contributed by atoms with Crippen LogP contribution in [0, 0.1) is 5.92 Å². The van der Waals surface area contributed by atoms with E-state index >= 15 is 0 Å². The van der Waals surface area contributed by atoms with Gasteiger partial charge in [0, 0.05) is 55.5 Å². The number of methoxy groups -OCH3 is 6. The molecule has 0 radical (unpaired) electrons. The lowest BCUT2D eigenvalue weighted by Gasteiger charge is -2.28. The Kier molecular flexibility index (Phi) is 25.5. The molecule has 0 spiro atoms. The molecule has 0 aliphatic rings. The van der Waals surface area contributed by atoms with Crippen molar-refractivity contribution in [2.24, 2.45) is 5.92 Å². The summed E-state index contributed by atoms with van der Waals surface area (Å²) in [4.78, 5) is 0. The van der Waals surface area contributed by atoms with Crippen LogP contribution in [0.2, 0.25) is 0 Å². The minimum absolute atomic E-state index is 0.785. The fourth-order valence-electron chi connectivity index (χ4n) is 5.55. The molecule has 38 heavy (non-hydrogen) atoms. The molecule has 0 amide bonds. The highest BCUT2D eigenvalue weighted by molar-refractivity contribution is 4.63. The average molecular weight is 547 g/mol. The Balaban J connectivity index is 3.89. The number of unbranched alkanes of at least 4 members (excludes halogenated alkanes) is 14. The van der Waals surface area contributed by atoms with Crippen LogP contribution in [0.15, 0.2) is 0 Å². The predicted molar refractivity (Wildman–Crippen MR) is 158 cm³/mol. The number of hydrogen-bond donors (Lipinski definition) is 0. The molecule has 0 rings (SSSR count). The van der Waals surface area contributed by atoms with E-state index in [1.54, 1.807) is 42.7 Å². The third-order valence-corrected chi connectivity index (χ3v) is 8.27. The second-order valence-electron chi connectivity index (χ2n) is 11.0. The molecule has 0 aromatic carbocycles. The summed E-state index contributed by atoms with van der Waals surface area (Å²) in [5.74, 6) is -0.782. The lowest BCUT2D eigenvalue weighted by atomic mass is 9.89. The third kappa shape index (κ3) is 18.2. The Morgan fingerprint density at radius 1 is 0.368 bits per heavy atom. The molecule has 6 heteroatoms. The van der Waals surface area contributed by atoms with Gasteiger partial charge in [-0.05, 0) is 18.8 Å². The van der Waals surface area contributed by atoms with Gasteiger partial charge in [0.1, 0.15) is 0 Å². The van der Waals surface area contributed by atoms with E-state index in [0.29, 0.717) is 0 Å². The van der Waals surface area contributed by atoms with Crippen LogP contribution in [0.1, 0.15) is 148 Å². The van der Waals surface area contributed by atoms with Crippen molar-refractivity contribution in [3.8, 4) is 0 Å². The highest BCUT2D eigenvalue weighted by Gasteiger charge is 2.29. The van der Waals surface area contributed by atoms with Gasteiger partial charge in [0.25, 0.3) is 11.9 Å². The van der Waals surface area contributed by atoms with E-state index in [9.17, 15) is 0 Å². The van der Waals surface area contributed by atoms with Crippen LogP contribution in [0.5, 0.6) is 0 Å². The number of rotatable bonds is 30. The number of hydrogen-bond acceptors (Lipinski definition) is 6. The predicted octanol–water partition coefficient (Wildman–Crippen LogP) is 9.39. The first kappa shape index (κ1) is 37.8. The van der Waals surface area contributed by atoms with Crippen molar-refractivity contribution in [2.75, 3.05) is 42.7 Å². The van der Waals surface area contributed by atoms with Crippen LogP contribution in [0.4, 0.5) is 0 Å². The van der Waals surface area contributed by atoms with E-state index in [2.05, 4.69) is 6.92 Å². The van der Waals surface area contributed by atoms with E-state index in [1.807, 2.05) is 0 Å². The largest absolute Gasteiger partial charge is 0.331 e. The van der Waals surface area contributed by atoms with Crippen molar-refractivity contribution in [2.45, 2.75) is 160 Å². The zero-order chi connectivity index (χ0) is 28.4. The lowest BCUT2D eigenvalue weighted by Crippen LogP contribution is -2.35. The van der Waals surface area contributed by atoms with Crippen molar-refractivity contribution in [3.05, 3.63) is 0 Å². The van der Waals surface area contributed by atoms with Gasteiger partial charge < -0.3 is 28.4 Å². The van der Waals surface area contributed by atoms with Crippen molar-refractivity contribution < 1.29 is 28.4 Å². The second kappa shape index (κ2) is 25.7. The molecule has 0 saturated heterocycles. The summed E-state index contributed by atoms with van der Waals surface area (Å²) >= 11 is 0. The van der Waals surface area contributed by atoms with Crippen molar-refractivity contribution in [1.82, 2.24) is 0 Å². The van der Waals surface area contributed by atoms with Gasteiger partial charge in [-0.15, -0.1) is 0 Å². The fourth-order valence-corrected chi connectivity index (χ4v) is 5.55. The highest BCUT2D eigenvalue weighted by Crippen LogP contribution is 2.26. The molecule has 0 aromatic rings. The quantitative estimate of drug-likeness (QED) is 0.0660. The molecule has 0 aliphatic carbocycles. The summed E-state index contributed by atoms with van der Waals surface area (Å²) in [6, 6.07) is 0. The molecule has 0 aliphatic heterocycles. The Hall–Kier alpha value is -0.240. The van der Waals surface area contributed by atoms with Crippen LogP contribution in [0.3, 0.4) is 0 Å². The van der Waals surface area contributed by atoms with Gasteiger partial charge in [-0.1, -0.05) is 122 Å². The molecule has 0 N–H and O–H groups in total. The Morgan fingerprint density at radius 2 is 0.632 bits per heavy atom. The summed E-state index contributed by atoms with van der Waals surface area (Å²) in [7, 11) is 9.86. The zero-order valence-electron chi connectivity index (χ0n) is 26.6. The fraction of sp³-hybridized carbons (Fsp3) is 1.00. The second-order valence-corrected chi connectivity index (χ2v) is 11.0. The Labute approximate surface area is 237 Å². The first-order valence-corrected chi connectivity index (χ1v) is 15.8. The van der Waals surface area contributed by atoms with Gasteiger partial charge in [0.05, 0.1) is 0 Å². The van der Waals surface area contributed by atoms with Crippen LogP contribution >= 0.6 is 0 Å². The normalized spacial score (nSPS) is 12.6. The van der Waals surface area contributed by atoms with Crippen LogP contribution in [-0.2, 0) is 28.4 Å². The molecule has 0 atom stereocenters. The molecule has 6 nitrogen and oxygen atoms in total. The van der Waals surface area contributed by atoms with Crippen molar-refractivity contribution in [1.29, 1.82) is 0 Å². The minimum Gasteiger partial charge on any atom is -0.331 e. The monoisotopic (exact) mass is 546 g/mol. The zero-order valence-corrected chi connectivity index (χ0v) is 26.6. The van der Waals surface area contributed by atoms with E-state index < -0.39 is 11.9 Å². The van der Waals surface area contributed by atoms with Gasteiger partial charge in [-0.3, -0.25) is 0 Å². The average Bonchev–Trinajstić information content (AvgIpc) is 2.95. The summed E-state index contributed by atoms with van der Waals surface area (Å²) < 4.78 is 32.3. The molecule has 230 valence electrons. The van der Waals surface area contributed by atoms with Gasteiger partial charge in [-0.2, -0.15) is 0 Å². The molecule has 0 saturated carbocycles. The standard InChI is InChI=1S/C32H66O6/c1-8-9-20-25-30(26-21-16-12-10-14-18-23-28-31(33-2,34-3)35-4)27-22-17-13-11-15-19-24-29-32(36-5,37-6)38-7/h30H,8-29H2,1-7H3. The Morgan fingerprint density at radius 3 is 0.921 bits per heavy atom. The molecular formula is C32H66O6. The van der Waals surface area contributed by atoms with E-state index in [4.69, 9.17) is 28.4 Å². The topological polar surface area (TPSA) is 55.4 Å². The number of ether oxygens (including phenoxy) is 6. The van der Waals surface area contributed by atoms with Crippen LogP contribution in [0.25, 0.3) is 0 Å². The van der Waals surface area contributed by atoms with Crippen molar-refractivity contribution in [3.63, 3.8) is 0 Å². The molecular weight excluding hydrogens is 480 g/mol. The molecule has 0 fully saturated rings. The third-order valence-electron chi connectivity index (χ3n) is 8.27. The Bertz CT molecular complexity index is 424. The van der Waals surface area contributed by atoms with Crippen LogP contribution < -0.4 is 0 Å². The first-order chi connectivity index (χ1) is 18.5. The molecule has 0 bridgehead atoms.